The molecule has 0 amide bonds. The van der Waals surface area contributed by atoms with Crippen LogP contribution in [-0.4, -0.2) is 29.5 Å². The highest BCUT2D eigenvalue weighted by Crippen LogP contribution is 2.37. The maximum absolute atomic E-state index is 13.2. The highest BCUT2D eigenvalue weighted by atomic mass is 35.5. The van der Waals surface area contributed by atoms with Gasteiger partial charge in [0, 0.05) is 25.8 Å². The minimum Gasteiger partial charge on any atom is -0.375 e. The molecule has 5 aromatic carbocycles. The first-order chi connectivity index (χ1) is 25.2. The smallest absolute Gasteiger partial charge is 0.137 e. The van der Waals surface area contributed by atoms with E-state index >= 15 is 0 Å². The van der Waals surface area contributed by atoms with Gasteiger partial charge in [0.05, 0.1) is 29.8 Å². The molecular formula is C38H30Cl5FN8. The van der Waals surface area contributed by atoms with Crippen LogP contribution < -0.4 is 10.6 Å². The molecule has 0 radical (unpaired) electrons. The van der Waals surface area contributed by atoms with Gasteiger partial charge in [-0.15, -0.1) is 0 Å². The van der Waals surface area contributed by atoms with Gasteiger partial charge in [-0.3, -0.25) is 4.68 Å². The standard InChI is InChI=1S/C22H17Cl3N4.C16H13Cl2FN4/c23-18-5-1-16(2-6-18)22(13-29-15-26-14-27-29,17-3-7-19(24)8-4-17)28-21-11-9-20(25)10-12-21;17-12-3-6-15(14(18)7-12)22-16(8-23-10-20-9-21-23)11-1-4-13(19)5-2-11/h1-12,14-15,28H,13H2;1-7,9-10,16,22H,8H2. The van der Waals surface area contributed by atoms with Crippen molar-refractivity contribution in [2.24, 2.45) is 0 Å². The van der Waals surface area contributed by atoms with Crippen LogP contribution in [0, 0.1) is 5.82 Å². The summed E-state index contributed by atoms with van der Waals surface area (Å²) in [6.07, 6.45) is 6.32. The molecule has 0 saturated carbocycles. The Bertz CT molecular complexity index is 2100. The third kappa shape index (κ3) is 9.61. The molecule has 0 aliphatic heterocycles. The van der Waals surface area contributed by atoms with Gasteiger partial charge in [-0.2, -0.15) is 10.2 Å². The Labute approximate surface area is 325 Å². The van der Waals surface area contributed by atoms with Gasteiger partial charge in [0.25, 0.3) is 0 Å². The van der Waals surface area contributed by atoms with Gasteiger partial charge in [0.1, 0.15) is 36.7 Å². The number of benzene rings is 5. The lowest BCUT2D eigenvalue weighted by molar-refractivity contribution is 0.449. The zero-order valence-corrected chi connectivity index (χ0v) is 31.0. The van der Waals surface area contributed by atoms with Crippen molar-refractivity contribution < 1.29 is 4.39 Å². The van der Waals surface area contributed by atoms with Crippen LogP contribution in [0.5, 0.6) is 0 Å². The summed E-state index contributed by atoms with van der Waals surface area (Å²) in [5.41, 5.74) is 3.96. The molecule has 1 unspecified atom stereocenters. The van der Waals surface area contributed by atoms with E-state index in [9.17, 15) is 4.39 Å². The summed E-state index contributed by atoms with van der Waals surface area (Å²) in [5.74, 6) is -0.280. The number of nitrogens with one attached hydrogen (secondary N) is 2. The molecule has 0 aliphatic rings. The van der Waals surface area contributed by atoms with E-state index in [1.54, 1.807) is 46.3 Å². The summed E-state index contributed by atoms with van der Waals surface area (Å²) in [6.45, 7) is 1.02. The molecule has 0 fully saturated rings. The molecule has 7 rings (SSSR count). The Hall–Kier alpha value is -4.64. The number of hydrogen-bond donors (Lipinski definition) is 2. The number of aromatic nitrogens is 6. The van der Waals surface area contributed by atoms with Gasteiger partial charge in [-0.1, -0.05) is 94.4 Å². The second-order valence-corrected chi connectivity index (χ2v) is 13.8. The topological polar surface area (TPSA) is 85.5 Å². The highest BCUT2D eigenvalue weighted by Gasteiger charge is 2.35. The van der Waals surface area contributed by atoms with Gasteiger partial charge < -0.3 is 10.6 Å². The van der Waals surface area contributed by atoms with E-state index in [2.05, 4.69) is 30.8 Å². The number of nitrogens with zero attached hydrogens (tertiary/aromatic N) is 6. The van der Waals surface area contributed by atoms with Crippen molar-refractivity contribution in [1.82, 2.24) is 29.5 Å². The van der Waals surface area contributed by atoms with E-state index in [1.165, 1.54) is 24.8 Å². The van der Waals surface area contributed by atoms with Crippen LogP contribution in [0.4, 0.5) is 15.8 Å². The van der Waals surface area contributed by atoms with Crippen molar-refractivity contribution in [2.45, 2.75) is 24.7 Å². The van der Waals surface area contributed by atoms with Gasteiger partial charge in [0.15, 0.2) is 0 Å². The lowest BCUT2D eigenvalue weighted by atomic mass is 9.82. The summed E-state index contributed by atoms with van der Waals surface area (Å²) in [5, 5.41) is 18.6. The van der Waals surface area contributed by atoms with Gasteiger partial charge in [-0.25, -0.2) is 19.0 Å². The van der Waals surface area contributed by atoms with Crippen LogP contribution in [0.1, 0.15) is 22.7 Å². The molecule has 8 nitrogen and oxygen atoms in total. The van der Waals surface area contributed by atoms with Crippen molar-refractivity contribution in [3.63, 3.8) is 0 Å². The summed E-state index contributed by atoms with van der Waals surface area (Å²) >= 11 is 30.6. The van der Waals surface area contributed by atoms with E-state index in [4.69, 9.17) is 58.0 Å². The lowest BCUT2D eigenvalue weighted by Gasteiger charge is -2.37. The summed E-state index contributed by atoms with van der Waals surface area (Å²) in [4.78, 5) is 8.04. The number of rotatable bonds is 11. The fraction of sp³-hybridized carbons (Fsp3) is 0.105. The van der Waals surface area contributed by atoms with Gasteiger partial charge in [-0.05, 0) is 95.6 Å². The Kier molecular flexibility index (Phi) is 12.3. The minimum atomic E-state index is -0.656. The van der Waals surface area contributed by atoms with Crippen LogP contribution in [0.15, 0.2) is 141 Å². The number of anilines is 2. The predicted molar refractivity (Wildman–Crippen MR) is 208 cm³/mol. The largest absolute Gasteiger partial charge is 0.375 e. The number of hydrogen-bond acceptors (Lipinski definition) is 6. The molecule has 2 N–H and O–H groups in total. The first kappa shape index (κ1) is 37.1. The maximum Gasteiger partial charge on any atom is 0.137 e. The van der Waals surface area contributed by atoms with Crippen molar-refractivity contribution in [3.05, 3.63) is 188 Å². The van der Waals surface area contributed by atoms with Crippen LogP contribution in [0.25, 0.3) is 0 Å². The third-order valence-electron chi connectivity index (χ3n) is 8.11. The molecule has 0 aliphatic carbocycles. The Morgan fingerprint density at radius 2 is 1.13 bits per heavy atom. The fourth-order valence-corrected chi connectivity index (χ4v) is 6.42. The molecule has 264 valence electrons. The van der Waals surface area contributed by atoms with Crippen molar-refractivity contribution >= 4 is 69.4 Å². The Morgan fingerprint density at radius 1 is 0.615 bits per heavy atom. The number of halogens is 6. The van der Waals surface area contributed by atoms with Gasteiger partial charge in [0.2, 0.25) is 0 Å². The minimum absolute atomic E-state index is 0.157. The molecule has 0 bridgehead atoms. The maximum atomic E-state index is 13.2. The van der Waals surface area contributed by atoms with Crippen LogP contribution >= 0.6 is 58.0 Å². The van der Waals surface area contributed by atoms with E-state index < -0.39 is 5.54 Å². The predicted octanol–water partition coefficient (Wildman–Crippen LogP) is 10.9. The fourth-order valence-electron chi connectivity index (χ4n) is 5.58. The summed E-state index contributed by atoms with van der Waals surface area (Å²) in [6, 6.07) is 34.6. The first-order valence-electron chi connectivity index (χ1n) is 15.8. The second kappa shape index (κ2) is 17.3. The molecule has 1 atom stereocenters. The Balaban J connectivity index is 0.000000183. The average Bonchev–Trinajstić information content (AvgIpc) is 3.86. The monoisotopic (exact) mass is 792 g/mol. The van der Waals surface area contributed by atoms with Gasteiger partial charge >= 0.3 is 0 Å². The van der Waals surface area contributed by atoms with Crippen molar-refractivity contribution in [3.8, 4) is 0 Å². The zero-order valence-electron chi connectivity index (χ0n) is 27.2. The van der Waals surface area contributed by atoms with Crippen LogP contribution in [-0.2, 0) is 18.6 Å². The van der Waals surface area contributed by atoms with Crippen LogP contribution in [0.3, 0.4) is 0 Å². The molecule has 2 heterocycles. The van der Waals surface area contributed by atoms with Crippen molar-refractivity contribution in [1.29, 1.82) is 0 Å². The van der Waals surface area contributed by atoms with E-state index in [0.717, 1.165) is 28.1 Å². The second-order valence-electron chi connectivity index (χ2n) is 11.6. The normalized spacial score (nSPS) is 11.7. The third-order valence-corrected chi connectivity index (χ3v) is 9.41. The molecule has 7 aromatic rings. The zero-order chi connectivity index (χ0) is 36.5. The average molecular weight is 795 g/mol. The highest BCUT2D eigenvalue weighted by molar-refractivity contribution is 6.36. The Morgan fingerprint density at radius 3 is 1.65 bits per heavy atom. The van der Waals surface area contributed by atoms with E-state index in [-0.39, 0.29) is 11.9 Å². The molecule has 52 heavy (non-hydrogen) atoms. The quantitative estimate of drug-likeness (QED) is 0.136. The molecule has 2 aromatic heterocycles. The van der Waals surface area contributed by atoms with E-state index in [1.807, 2.05) is 78.9 Å². The molecular weight excluding hydrogens is 765 g/mol. The first-order valence-corrected chi connectivity index (χ1v) is 17.7. The lowest BCUT2D eigenvalue weighted by Crippen LogP contribution is -2.41. The SMILES string of the molecule is Clc1ccc(NC(Cn2cncn2)(c2ccc(Cl)cc2)c2ccc(Cl)cc2)cc1.Fc1ccc(C(Cn2cncn2)Nc2ccc(Cl)cc2Cl)cc1. The molecule has 0 saturated heterocycles. The summed E-state index contributed by atoms with van der Waals surface area (Å²) < 4.78 is 16.7. The molecule has 0 spiro atoms. The van der Waals surface area contributed by atoms with Crippen LogP contribution in [0.2, 0.25) is 25.1 Å². The summed E-state index contributed by atoms with van der Waals surface area (Å²) in [7, 11) is 0. The van der Waals surface area contributed by atoms with Crippen molar-refractivity contribution in [2.75, 3.05) is 10.6 Å². The van der Waals surface area contributed by atoms with E-state index in [0.29, 0.717) is 38.2 Å². The molecule has 14 heteroatoms.